The van der Waals surface area contributed by atoms with E-state index in [2.05, 4.69) is 0 Å². The molecule has 0 bridgehead atoms. The van der Waals surface area contributed by atoms with Crippen molar-refractivity contribution in [1.29, 1.82) is 0 Å². The lowest BCUT2D eigenvalue weighted by atomic mass is 10.4. The molecule has 1 saturated heterocycles. The van der Waals surface area contributed by atoms with Gasteiger partial charge in [0.15, 0.2) is 6.29 Å². The molecule has 0 spiro atoms. The standard InChI is InChI=1S/C11H17NO4/c1-3-15-9(16-4-2)6-12-10(13)7-5-8(7)11(12)14/h7-9H,3-6H2,1-2H3. The van der Waals surface area contributed by atoms with Crippen molar-refractivity contribution >= 4 is 11.8 Å². The molecule has 2 rings (SSSR count). The van der Waals surface area contributed by atoms with Crippen molar-refractivity contribution in [3.8, 4) is 0 Å². The molecule has 2 amide bonds. The number of nitrogens with zero attached hydrogens (tertiary/aromatic N) is 1. The van der Waals surface area contributed by atoms with Crippen LogP contribution in [0.25, 0.3) is 0 Å². The lowest BCUT2D eigenvalue weighted by Crippen LogP contribution is -2.41. The maximum atomic E-state index is 11.7. The molecule has 0 aromatic heterocycles. The van der Waals surface area contributed by atoms with Crippen molar-refractivity contribution in [1.82, 2.24) is 4.90 Å². The Morgan fingerprint density at radius 1 is 1.19 bits per heavy atom. The molecule has 2 fully saturated rings. The summed E-state index contributed by atoms with van der Waals surface area (Å²) in [5.74, 6) is -0.202. The van der Waals surface area contributed by atoms with E-state index in [0.717, 1.165) is 6.42 Å². The highest BCUT2D eigenvalue weighted by atomic mass is 16.7. The number of piperidine rings is 1. The Hall–Kier alpha value is -0.940. The fraction of sp³-hybridized carbons (Fsp3) is 0.818. The van der Waals surface area contributed by atoms with Crippen LogP contribution in [0, 0.1) is 11.8 Å². The van der Waals surface area contributed by atoms with Crippen LogP contribution in [-0.4, -0.2) is 42.8 Å². The zero-order valence-electron chi connectivity index (χ0n) is 9.64. The third-order valence-corrected chi connectivity index (χ3v) is 2.99. The lowest BCUT2D eigenvalue weighted by Gasteiger charge is -2.23. The number of carbonyl (C=O) groups is 2. The fourth-order valence-corrected chi connectivity index (χ4v) is 2.10. The molecule has 5 heteroatoms. The third-order valence-electron chi connectivity index (χ3n) is 2.99. The van der Waals surface area contributed by atoms with E-state index in [4.69, 9.17) is 9.47 Å². The maximum Gasteiger partial charge on any atom is 0.233 e. The van der Waals surface area contributed by atoms with Gasteiger partial charge in [0, 0.05) is 13.2 Å². The number of hydrogen-bond donors (Lipinski definition) is 0. The predicted molar refractivity (Wildman–Crippen MR) is 55.4 cm³/mol. The summed E-state index contributed by atoms with van der Waals surface area (Å²) in [5.41, 5.74) is 0. The van der Waals surface area contributed by atoms with Crippen molar-refractivity contribution in [2.24, 2.45) is 11.8 Å². The predicted octanol–water partition coefficient (Wildman–Crippen LogP) is 0.390. The quantitative estimate of drug-likeness (QED) is 0.486. The second-order valence-electron chi connectivity index (χ2n) is 4.08. The second-order valence-corrected chi connectivity index (χ2v) is 4.08. The molecule has 0 radical (unpaired) electrons. The highest BCUT2D eigenvalue weighted by molar-refractivity contribution is 6.08. The Morgan fingerprint density at radius 3 is 2.12 bits per heavy atom. The first-order chi connectivity index (χ1) is 7.69. The topological polar surface area (TPSA) is 55.8 Å². The van der Waals surface area contributed by atoms with Gasteiger partial charge in [0.1, 0.15) is 0 Å². The van der Waals surface area contributed by atoms with Crippen molar-refractivity contribution in [2.45, 2.75) is 26.6 Å². The van der Waals surface area contributed by atoms with E-state index in [0.29, 0.717) is 13.2 Å². The van der Waals surface area contributed by atoms with Crippen molar-refractivity contribution in [3.63, 3.8) is 0 Å². The van der Waals surface area contributed by atoms with Crippen LogP contribution in [-0.2, 0) is 19.1 Å². The Labute approximate surface area is 94.7 Å². The van der Waals surface area contributed by atoms with Gasteiger partial charge in [-0.3, -0.25) is 14.5 Å². The van der Waals surface area contributed by atoms with E-state index in [1.165, 1.54) is 4.90 Å². The lowest BCUT2D eigenvalue weighted by molar-refractivity contribution is -0.164. The van der Waals surface area contributed by atoms with Gasteiger partial charge < -0.3 is 9.47 Å². The van der Waals surface area contributed by atoms with Gasteiger partial charge in [-0.1, -0.05) is 0 Å². The molecule has 1 aliphatic carbocycles. The van der Waals surface area contributed by atoms with Crippen LogP contribution in [0.15, 0.2) is 0 Å². The summed E-state index contributed by atoms with van der Waals surface area (Å²) >= 11 is 0. The van der Waals surface area contributed by atoms with Gasteiger partial charge in [-0.05, 0) is 20.3 Å². The Bertz CT molecular complexity index is 278. The molecule has 0 aromatic carbocycles. The van der Waals surface area contributed by atoms with Gasteiger partial charge in [-0.15, -0.1) is 0 Å². The molecule has 90 valence electrons. The number of fused-ring (bicyclic) bond motifs is 1. The van der Waals surface area contributed by atoms with Crippen LogP contribution in [0.4, 0.5) is 0 Å². The van der Waals surface area contributed by atoms with Crippen LogP contribution in [0.1, 0.15) is 20.3 Å². The number of imide groups is 1. The van der Waals surface area contributed by atoms with Crippen LogP contribution in [0.3, 0.4) is 0 Å². The van der Waals surface area contributed by atoms with Crippen molar-refractivity contribution in [2.75, 3.05) is 19.8 Å². The Morgan fingerprint density at radius 2 is 1.69 bits per heavy atom. The van der Waals surface area contributed by atoms with E-state index in [1.54, 1.807) is 0 Å². The monoisotopic (exact) mass is 227 g/mol. The summed E-state index contributed by atoms with van der Waals surface area (Å²) in [7, 11) is 0. The van der Waals surface area contributed by atoms with Crippen molar-refractivity contribution in [3.05, 3.63) is 0 Å². The summed E-state index contributed by atoms with van der Waals surface area (Å²) in [5, 5.41) is 0. The SMILES string of the molecule is CCOC(CN1C(=O)C2CC2C1=O)OCC. The van der Waals surface area contributed by atoms with E-state index in [9.17, 15) is 9.59 Å². The minimum absolute atomic E-state index is 0.0450. The molecular weight excluding hydrogens is 210 g/mol. The summed E-state index contributed by atoms with van der Waals surface area (Å²) in [6, 6.07) is 0. The van der Waals surface area contributed by atoms with Crippen LogP contribution in [0.5, 0.6) is 0 Å². The highest BCUT2D eigenvalue weighted by Crippen LogP contribution is 2.46. The molecule has 1 aliphatic heterocycles. The van der Waals surface area contributed by atoms with E-state index in [1.807, 2.05) is 13.8 Å². The van der Waals surface area contributed by atoms with Crippen LogP contribution in [0.2, 0.25) is 0 Å². The zero-order chi connectivity index (χ0) is 11.7. The molecular formula is C11H17NO4. The highest BCUT2D eigenvalue weighted by Gasteiger charge is 2.59. The number of amides is 2. The van der Waals surface area contributed by atoms with Gasteiger partial charge in [-0.25, -0.2) is 0 Å². The van der Waals surface area contributed by atoms with Crippen LogP contribution >= 0.6 is 0 Å². The first kappa shape index (κ1) is 11.5. The third kappa shape index (κ3) is 1.97. The van der Waals surface area contributed by atoms with Crippen LogP contribution < -0.4 is 0 Å². The van der Waals surface area contributed by atoms with Gasteiger partial charge in [0.2, 0.25) is 11.8 Å². The first-order valence-electron chi connectivity index (χ1n) is 5.77. The summed E-state index contributed by atoms with van der Waals surface area (Å²) in [4.78, 5) is 24.7. The molecule has 1 heterocycles. The first-order valence-corrected chi connectivity index (χ1v) is 5.77. The fourth-order valence-electron chi connectivity index (χ4n) is 2.10. The maximum absolute atomic E-state index is 11.7. The average Bonchev–Trinajstić information content (AvgIpc) is 3.00. The number of ether oxygens (including phenoxy) is 2. The normalized spacial score (nSPS) is 27.8. The summed E-state index contributed by atoms with van der Waals surface area (Å²) in [6.45, 7) is 4.96. The number of likely N-dealkylation sites (tertiary alicyclic amines) is 1. The molecule has 2 atom stereocenters. The van der Waals surface area contributed by atoms with E-state index < -0.39 is 6.29 Å². The molecule has 16 heavy (non-hydrogen) atoms. The van der Waals surface area contributed by atoms with E-state index >= 15 is 0 Å². The summed E-state index contributed by atoms with van der Waals surface area (Å²) in [6.07, 6.45) is 0.252. The molecule has 0 N–H and O–H groups in total. The largest absolute Gasteiger partial charge is 0.351 e. The smallest absolute Gasteiger partial charge is 0.233 e. The number of hydrogen-bond acceptors (Lipinski definition) is 4. The van der Waals surface area contributed by atoms with Gasteiger partial charge in [0.05, 0.1) is 18.4 Å². The Balaban J connectivity index is 1.92. The zero-order valence-corrected chi connectivity index (χ0v) is 9.64. The van der Waals surface area contributed by atoms with Gasteiger partial charge in [0.25, 0.3) is 0 Å². The van der Waals surface area contributed by atoms with E-state index in [-0.39, 0.29) is 30.2 Å². The Kier molecular flexibility index (Phi) is 3.25. The molecule has 2 aliphatic rings. The summed E-state index contributed by atoms with van der Waals surface area (Å²) < 4.78 is 10.6. The van der Waals surface area contributed by atoms with Gasteiger partial charge >= 0.3 is 0 Å². The molecule has 2 unspecified atom stereocenters. The number of carbonyl (C=O) groups excluding carboxylic acids is 2. The van der Waals surface area contributed by atoms with Gasteiger partial charge in [-0.2, -0.15) is 0 Å². The minimum atomic E-state index is -0.486. The van der Waals surface area contributed by atoms with Crippen molar-refractivity contribution < 1.29 is 19.1 Å². The minimum Gasteiger partial charge on any atom is -0.351 e. The molecule has 1 saturated carbocycles. The average molecular weight is 227 g/mol. The molecule has 5 nitrogen and oxygen atoms in total. The molecule has 0 aromatic rings. The number of rotatable bonds is 6. The second kappa shape index (κ2) is 4.51.